The Balaban J connectivity index is 1.45. The monoisotopic (exact) mass is 400 g/mol. The SMILES string of the molecule is Cc1ccc(COc2ccccc2-c2cc(C(=O)NN=Cc3ccco3)[nH]n2)cc1. The number of carbonyl (C=O) groups is 1. The van der Waals surface area contributed by atoms with Crippen molar-refractivity contribution in [3.63, 3.8) is 0 Å². The maximum absolute atomic E-state index is 12.3. The van der Waals surface area contributed by atoms with Crippen LogP contribution in [0.25, 0.3) is 11.3 Å². The standard InChI is InChI=1S/C23H20N4O3/c1-16-8-10-17(11-9-16)15-30-22-7-3-2-6-19(22)20-13-21(26-25-20)23(28)27-24-14-18-5-4-12-29-18/h2-14H,15H2,1H3,(H,25,26)(H,27,28). The lowest BCUT2D eigenvalue weighted by molar-refractivity contribution is 0.0950. The van der Waals surface area contributed by atoms with E-state index in [0.29, 0.717) is 23.8 Å². The van der Waals surface area contributed by atoms with Crippen molar-refractivity contribution >= 4 is 12.1 Å². The summed E-state index contributed by atoms with van der Waals surface area (Å²) < 4.78 is 11.1. The van der Waals surface area contributed by atoms with Gasteiger partial charge in [-0.25, -0.2) is 5.43 Å². The molecular weight excluding hydrogens is 380 g/mol. The third kappa shape index (κ3) is 4.64. The summed E-state index contributed by atoms with van der Waals surface area (Å²) in [6.07, 6.45) is 2.95. The first-order valence-electron chi connectivity index (χ1n) is 9.39. The Morgan fingerprint density at radius 3 is 2.80 bits per heavy atom. The van der Waals surface area contributed by atoms with Gasteiger partial charge < -0.3 is 9.15 Å². The van der Waals surface area contributed by atoms with Crippen LogP contribution in [-0.4, -0.2) is 22.3 Å². The Kier molecular flexibility index (Phi) is 5.70. The number of aromatic amines is 1. The van der Waals surface area contributed by atoms with E-state index >= 15 is 0 Å². The van der Waals surface area contributed by atoms with E-state index in [2.05, 4.69) is 32.9 Å². The van der Waals surface area contributed by atoms with Gasteiger partial charge in [-0.2, -0.15) is 10.2 Å². The molecule has 0 aliphatic heterocycles. The predicted octanol–water partition coefficient (Wildman–Crippen LogP) is 4.32. The summed E-state index contributed by atoms with van der Waals surface area (Å²) in [5.74, 6) is 0.822. The quantitative estimate of drug-likeness (QED) is 0.357. The third-order valence-corrected chi connectivity index (χ3v) is 4.40. The van der Waals surface area contributed by atoms with Gasteiger partial charge in [0, 0.05) is 5.56 Å². The number of hydrazone groups is 1. The molecule has 0 saturated heterocycles. The second-order valence-electron chi connectivity index (χ2n) is 6.65. The lowest BCUT2D eigenvalue weighted by Gasteiger charge is -2.10. The molecule has 30 heavy (non-hydrogen) atoms. The van der Waals surface area contributed by atoms with Crippen molar-refractivity contribution in [2.75, 3.05) is 0 Å². The zero-order chi connectivity index (χ0) is 20.8. The molecule has 150 valence electrons. The van der Waals surface area contributed by atoms with Crippen LogP contribution in [0.4, 0.5) is 0 Å². The van der Waals surface area contributed by atoms with Crippen molar-refractivity contribution in [1.29, 1.82) is 0 Å². The largest absolute Gasteiger partial charge is 0.488 e. The van der Waals surface area contributed by atoms with Gasteiger partial charge in [0.1, 0.15) is 23.8 Å². The first-order chi connectivity index (χ1) is 14.7. The predicted molar refractivity (Wildman–Crippen MR) is 113 cm³/mol. The molecule has 0 radical (unpaired) electrons. The van der Waals surface area contributed by atoms with Crippen LogP contribution in [-0.2, 0) is 6.61 Å². The molecule has 2 aromatic carbocycles. The van der Waals surface area contributed by atoms with Crippen LogP contribution >= 0.6 is 0 Å². The highest BCUT2D eigenvalue weighted by Crippen LogP contribution is 2.29. The molecule has 7 heteroatoms. The van der Waals surface area contributed by atoms with Crippen LogP contribution in [0, 0.1) is 6.92 Å². The van der Waals surface area contributed by atoms with Gasteiger partial charge in [-0.15, -0.1) is 0 Å². The second kappa shape index (κ2) is 8.91. The number of H-pyrrole nitrogens is 1. The molecule has 0 spiro atoms. The highest BCUT2D eigenvalue weighted by molar-refractivity contribution is 5.94. The summed E-state index contributed by atoms with van der Waals surface area (Å²) in [7, 11) is 0. The number of carbonyl (C=O) groups excluding carboxylic acids is 1. The summed E-state index contributed by atoms with van der Waals surface area (Å²) in [6, 6.07) is 20.9. The number of hydrogen-bond donors (Lipinski definition) is 2. The summed E-state index contributed by atoms with van der Waals surface area (Å²) >= 11 is 0. The average molecular weight is 400 g/mol. The minimum Gasteiger partial charge on any atom is -0.488 e. The minimum atomic E-state index is -0.408. The van der Waals surface area contributed by atoms with E-state index < -0.39 is 5.91 Å². The number of hydrogen-bond acceptors (Lipinski definition) is 5. The number of ether oxygens (including phenoxy) is 1. The lowest BCUT2D eigenvalue weighted by Crippen LogP contribution is -2.17. The van der Waals surface area contributed by atoms with Gasteiger partial charge in [0.15, 0.2) is 0 Å². The van der Waals surface area contributed by atoms with Gasteiger partial charge in [0.25, 0.3) is 5.91 Å². The molecule has 2 aromatic heterocycles. The fraction of sp³-hybridized carbons (Fsp3) is 0.0870. The van der Waals surface area contributed by atoms with Gasteiger partial charge in [-0.05, 0) is 42.8 Å². The van der Waals surface area contributed by atoms with E-state index in [1.807, 2.05) is 43.3 Å². The van der Waals surface area contributed by atoms with Gasteiger partial charge in [0.2, 0.25) is 0 Å². The molecule has 4 rings (SSSR count). The number of benzene rings is 2. The Morgan fingerprint density at radius 2 is 2.00 bits per heavy atom. The molecule has 0 aliphatic carbocycles. The topological polar surface area (TPSA) is 92.5 Å². The number of para-hydroxylation sites is 1. The molecule has 0 unspecified atom stereocenters. The molecule has 0 aliphatic rings. The van der Waals surface area contributed by atoms with Crippen LogP contribution in [0.1, 0.15) is 27.4 Å². The van der Waals surface area contributed by atoms with Crippen molar-refractivity contribution in [1.82, 2.24) is 15.6 Å². The van der Waals surface area contributed by atoms with Gasteiger partial charge in [-0.3, -0.25) is 9.89 Å². The summed E-state index contributed by atoms with van der Waals surface area (Å²) in [5, 5.41) is 10.9. The number of amides is 1. The van der Waals surface area contributed by atoms with Gasteiger partial charge in [0.05, 0.1) is 18.2 Å². The fourth-order valence-electron chi connectivity index (χ4n) is 2.80. The third-order valence-electron chi connectivity index (χ3n) is 4.40. The van der Waals surface area contributed by atoms with E-state index in [1.54, 1.807) is 18.2 Å². The van der Waals surface area contributed by atoms with E-state index in [9.17, 15) is 4.79 Å². The van der Waals surface area contributed by atoms with E-state index in [-0.39, 0.29) is 5.69 Å². The number of aryl methyl sites for hydroxylation is 1. The Bertz CT molecular complexity index is 1150. The van der Waals surface area contributed by atoms with Crippen LogP contribution in [0.15, 0.2) is 82.5 Å². The summed E-state index contributed by atoms with van der Waals surface area (Å²) in [4.78, 5) is 12.3. The van der Waals surface area contributed by atoms with Gasteiger partial charge >= 0.3 is 0 Å². The van der Waals surface area contributed by atoms with E-state index in [0.717, 1.165) is 11.1 Å². The van der Waals surface area contributed by atoms with Crippen molar-refractivity contribution < 1.29 is 13.9 Å². The maximum Gasteiger partial charge on any atom is 0.289 e. The number of nitrogens with zero attached hydrogens (tertiary/aromatic N) is 2. The average Bonchev–Trinajstić information content (AvgIpc) is 3.46. The molecule has 1 amide bonds. The highest BCUT2D eigenvalue weighted by Gasteiger charge is 2.14. The maximum atomic E-state index is 12.3. The van der Waals surface area contributed by atoms with E-state index in [4.69, 9.17) is 9.15 Å². The van der Waals surface area contributed by atoms with Crippen LogP contribution in [0.2, 0.25) is 0 Å². The smallest absolute Gasteiger partial charge is 0.289 e. The highest BCUT2D eigenvalue weighted by atomic mass is 16.5. The Morgan fingerprint density at radius 1 is 1.17 bits per heavy atom. The molecule has 2 N–H and O–H groups in total. The number of furan rings is 1. The number of nitrogens with one attached hydrogen (secondary N) is 2. The molecule has 7 nitrogen and oxygen atoms in total. The zero-order valence-corrected chi connectivity index (χ0v) is 16.3. The fourth-order valence-corrected chi connectivity index (χ4v) is 2.80. The minimum absolute atomic E-state index is 0.287. The zero-order valence-electron chi connectivity index (χ0n) is 16.3. The molecule has 0 bridgehead atoms. The van der Waals surface area contributed by atoms with Crippen molar-refractivity contribution in [3.05, 3.63) is 95.6 Å². The van der Waals surface area contributed by atoms with Crippen molar-refractivity contribution in [2.24, 2.45) is 5.10 Å². The van der Waals surface area contributed by atoms with E-state index in [1.165, 1.54) is 18.0 Å². The Hall–Kier alpha value is -4.13. The van der Waals surface area contributed by atoms with Crippen LogP contribution in [0.3, 0.4) is 0 Å². The van der Waals surface area contributed by atoms with Crippen LogP contribution in [0.5, 0.6) is 5.75 Å². The molecule has 0 saturated carbocycles. The molecule has 4 aromatic rings. The van der Waals surface area contributed by atoms with Crippen molar-refractivity contribution in [2.45, 2.75) is 13.5 Å². The normalized spacial score (nSPS) is 11.0. The molecule has 0 fully saturated rings. The summed E-state index contributed by atoms with van der Waals surface area (Å²) in [6.45, 7) is 2.49. The number of aromatic nitrogens is 2. The summed E-state index contributed by atoms with van der Waals surface area (Å²) in [5.41, 5.74) is 6.40. The molecule has 2 heterocycles. The molecule has 0 atom stereocenters. The Labute approximate surface area is 173 Å². The molecular formula is C23H20N4O3. The lowest BCUT2D eigenvalue weighted by atomic mass is 10.1. The second-order valence-corrected chi connectivity index (χ2v) is 6.65. The van der Waals surface area contributed by atoms with Gasteiger partial charge in [-0.1, -0.05) is 42.0 Å². The van der Waals surface area contributed by atoms with Crippen molar-refractivity contribution in [3.8, 4) is 17.0 Å². The first-order valence-corrected chi connectivity index (χ1v) is 9.39. The first kappa shape index (κ1) is 19.2. The number of rotatable bonds is 7. The van der Waals surface area contributed by atoms with Crippen LogP contribution < -0.4 is 10.2 Å².